The van der Waals surface area contributed by atoms with Crippen molar-refractivity contribution in [3.8, 4) is 22.3 Å². The van der Waals surface area contributed by atoms with E-state index in [1.54, 1.807) is 22.8 Å². The SMILES string of the molecule is O=C(O)c1cccc2c(-c3cnn4cc(-c5ccc(N6CCNCC6)cc5)cnc34)cccc12. The molecule has 34 heavy (non-hydrogen) atoms. The summed E-state index contributed by atoms with van der Waals surface area (Å²) in [7, 11) is 0. The van der Waals surface area contributed by atoms with Crippen molar-refractivity contribution < 1.29 is 9.90 Å². The van der Waals surface area contributed by atoms with E-state index in [0.29, 0.717) is 5.39 Å². The van der Waals surface area contributed by atoms with Crippen molar-refractivity contribution in [2.45, 2.75) is 0 Å². The molecule has 0 radical (unpaired) electrons. The van der Waals surface area contributed by atoms with E-state index in [0.717, 1.165) is 59.5 Å². The van der Waals surface area contributed by atoms with E-state index >= 15 is 0 Å². The highest BCUT2D eigenvalue weighted by Crippen LogP contribution is 2.33. The highest BCUT2D eigenvalue weighted by atomic mass is 16.4. The minimum Gasteiger partial charge on any atom is -0.478 e. The number of anilines is 1. The summed E-state index contributed by atoms with van der Waals surface area (Å²) in [5.74, 6) is -0.937. The Labute approximate surface area is 196 Å². The number of hydrogen-bond acceptors (Lipinski definition) is 5. The van der Waals surface area contributed by atoms with Crippen molar-refractivity contribution in [1.29, 1.82) is 0 Å². The van der Waals surface area contributed by atoms with Gasteiger partial charge in [-0.2, -0.15) is 5.10 Å². The minimum atomic E-state index is -0.937. The van der Waals surface area contributed by atoms with Crippen molar-refractivity contribution in [1.82, 2.24) is 19.9 Å². The number of nitrogens with one attached hydrogen (secondary N) is 1. The Hall–Kier alpha value is -4.23. The number of fused-ring (bicyclic) bond motifs is 2. The smallest absolute Gasteiger partial charge is 0.336 e. The molecule has 6 rings (SSSR count). The molecule has 0 aliphatic carbocycles. The van der Waals surface area contributed by atoms with Crippen molar-refractivity contribution in [2.75, 3.05) is 31.1 Å². The van der Waals surface area contributed by atoms with E-state index in [9.17, 15) is 9.90 Å². The van der Waals surface area contributed by atoms with Crippen LogP contribution in [0, 0.1) is 0 Å². The van der Waals surface area contributed by atoms with Gasteiger partial charge in [-0.25, -0.2) is 14.3 Å². The fourth-order valence-corrected chi connectivity index (χ4v) is 4.73. The van der Waals surface area contributed by atoms with Gasteiger partial charge in [-0.3, -0.25) is 0 Å². The second-order valence-electron chi connectivity index (χ2n) is 8.46. The van der Waals surface area contributed by atoms with Crippen LogP contribution in [0.4, 0.5) is 5.69 Å². The molecule has 168 valence electrons. The first-order chi connectivity index (χ1) is 16.7. The molecule has 5 aromatic rings. The molecule has 1 aliphatic rings. The molecule has 1 saturated heterocycles. The maximum Gasteiger partial charge on any atom is 0.336 e. The number of carbonyl (C=O) groups is 1. The molecule has 0 bridgehead atoms. The molecule has 2 aromatic heterocycles. The topological polar surface area (TPSA) is 82.8 Å². The first kappa shape index (κ1) is 20.4. The van der Waals surface area contributed by atoms with Crippen LogP contribution < -0.4 is 10.2 Å². The summed E-state index contributed by atoms with van der Waals surface area (Å²) in [5.41, 5.74) is 6.11. The lowest BCUT2D eigenvalue weighted by atomic mass is 9.97. The van der Waals surface area contributed by atoms with Crippen LogP contribution in [0.1, 0.15) is 10.4 Å². The number of aromatic nitrogens is 3. The molecule has 3 aromatic carbocycles. The molecule has 0 amide bonds. The molecule has 0 spiro atoms. The summed E-state index contributed by atoms with van der Waals surface area (Å²) in [6.07, 6.45) is 5.65. The minimum absolute atomic E-state index is 0.287. The average molecular weight is 450 g/mol. The monoisotopic (exact) mass is 449 g/mol. The molecule has 0 atom stereocenters. The molecule has 2 N–H and O–H groups in total. The molecule has 0 unspecified atom stereocenters. The van der Waals surface area contributed by atoms with E-state index in [-0.39, 0.29) is 5.56 Å². The van der Waals surface area contributed by atoms with E-state index in [2.05, 4.69) is 39.6 Å². The van der Waals surface area contributed by atoms with Crippen LogP contribution in [0.2, 0.25) is 0 Å². The van der Waals surface area contributed by atoms with E-state index in [4.69, 9.17) is 4.98 Å². The summed E-state index contributed by atoms with van der Waals surface area (Å²) >= 11 is 0. The highest BCUT2D eigenvalue weighted by Gasteiger charge is 2.15. The molecule has 7 heteroatoms. The first-order valence-electron chi connectivity index (χ1n) is 11.3. The number of aromatic carboxylic acids is 1. The molecule has 1 fully saturated rings. The lowest BCUT2D eigenvalue weighted by Gasteiger charge is -2.29. The Balaban J connectivity index is 1.37. The van der Waals surface area contributed by atoms with Gasteiger partial charge < -0.3 is 15.3 Å². The van der Waals surface area contributed by atoms with Gasteiger partial charge in [-0.05, 0) is 40.1 Å². The predicted octanol–water partition coefficient (Wildman–Crippen LogP) is 4.32. The number of carboxylic acids is 1. The van der Waals surface area contributed by atoms with Gasteiger partial charge >= 0.3 is 5.97 Å². The molecule has 0 saturated carbocycles. The summed E-state index contributed by atoms with van der Waals surface area (Å²) in [4.78, 5) is 18.8. The molecule has 7 nitrogen and oxygen atoms in total. The van der Waals surface area contributed by atoms with Crippen LogP contribution in [0.3, 0.4) is 0 Å². The third-order valence-electron chi connectivity index (χ3n) is 6.48. The molecular formula is C27H23N5O2. The first-order valence-corrected chi connectivity index (χ1v) is 11.3. The lowest BCUT2D eigenvalue weighted by molar-refractivity contribution is 0.0699. The molecule has 3 heterocycles. The second kappa shape index (κ2) is 8.28. The highest BCUT2D eigenvalue weighted by molar-refractivity contribution is 6.09. The summed E-state index contributed by atoms with van der Waals surface area (Å²) in [6.45, 7) is 4.06. The van der Waals surface area contributed by atoms with Gasteiger partial charge in [0.2, 0.25) is 0 Å². The van der Waals surface area contributed by atoms with Gasteiger partial charge in [-0.15, -0.1) is 0 Å². The summed E-state index contributed by atoms with van der Waals surface area (Å²) in [5, 5.41) is 19.1. The molecule has 1 aliphatic heterocycles. The lowest BCUT2D eigenvalue weighted by Crippen LogP contribution is -2.43. The molecular weight excluding hydrogens is 426 g/mol. The van der Waals surface area contributed by atoms with Crippen LogP contribution in [-0.2, 0) is 0 Å². The maximum atomic E-state index is 11.7. The zero-order valence-electron chi connectivity index (χ0n) is 18.5. The summed E-state index contributed by atoms with van der Waals surface area (Å²) < 4.78 is 1.79. The van der Waals surface area contributed by atoms with Gasteiger partial charge in [0, 0.05) is 55.4 Å². The van der Waals surface area contributed by atoms with Crippen molar-refractivity contribution in [3.05, 3.63) is 84.8 Å². The second-order valence-corrected chi connectivity index (χ2v) is 8.46. The fourth-order valence-electron chi connectivity index (χ4n) is 4.73. The standard InChI is InChI=1S/C27H23N5O2/c33-27(34)24-6-2-3-21-22(24)4-1-5-23(21)25-16-30-32-17-19(15-29-26(25)32)18-7-9-20(10-8-18)31-13-11-28-12-14-31/h1-10,15-17,28H,11-14H2,(H,33,34). The van der Waals surface area contributed by atoms with Gasteiger partial charge in [0.1, 0.15) is 0 Å². The van der Waals surface area contributed by atoms with Crippen molar-refractivity contribution in [2.24, 2.45) is 0 Å². The number of rotatable bonds is 4. The van der Waals surface area contributed by atoms with E-state index in [1.165, 1.54) is 5.69 Å². The van der Waals surface area contributed by atoms with Gasteiger partial charge in [-0.1, -0.05) is 42.5 Å². The summed E-state index contributed by atoms with van der Waals surface area (Å²) in [6, 6.07) is 19.6. The zero-order chi connectivity index (χ0) is 23.1. The third-order valence-corrected chi connectivity index (χ3v) is 6.48. The van der Waals surface area contributed by atoms with E-state index in [1.807, 2.05) is 36.7 Å². The van der Waals surface area contributed by atoms with Gasteiger partial charge in [0.05, 0.1) is 11.8 Å². The van der Waals surface area contributed by atoms with Crippen LogP contribution in [-0.4, -0.2) is 51.9 Å². The maximum absolute atomic E-state index is 11.7. The van der Waals surface area contributed by atoms with Crippen LogP contribution in [0.15, 0.2) is 79.3 Å². The Kier molecular flexibility index (Phi) is 4.96. The fraction of sp³-hybridized carbons (Fsp3) is 0.148. The van der Waals surface area contributed by atoms with Crippen molar-refractivity contribution in [3.63, 3.8) is 0 Å². The number of nitrogens with zero attached hydrogens (tertiary/aromatic N) is 4. The van der Waals surface area contributed by atoms with Gasteiger partial charge in [0.25, 0.3) is 0 Å². The largest absolute Gasteiger partial charge is 0.478 e. The number of piperazine rings is 1. The Morgan fingerprint density at radius 2 is 1.62 bits per heavy atom. The van der Waals surface area contributed by atoms with Crippen LogP contribution in [0.5, 0.6) is 0 Å². The predicted molar refractivity (Wildman–Crippen MR) is 133 cm³/mol. The van der Waals surface area contributed by atoms with Crippen LogP contribution in [0.25, 0.3) is 38.7 Å². The number of benzene rings is 3. The zero-order valence-corrected chi connectivity index (χ0v) is 18.5. The third kappa shape index (κ3) is 3.47. The Morgan fingerprint density at radius 3 is 2.41 bits per heavy atom. The Morgan fingerprint density at radius 1 is 0.853 bits per heavy atom. The quantitative estimate of drug-likeness (QED) is 0.425. The average Bonchev–Trinajstić information content (AvgIpc) is 3.31. The van der Waals surface area contributed by atoms with Crippen molar-refractivity contribution >= 4 is 28.1 Å². The Bertz CT molecular complexity index is 1520. The van der Waals surface area contributed by atoms with Crippen LogP contribution >= 0.6 is 0 Å². The normalized spacial score (nSPS) is 14.1. The number of hydrogen-bond donors (Lipinski definition) is 2. The van der Waals surface area contributed by atoms with E-state index < -0.39 is 5.97 Å². The van der Waals surface area contributed by atoms with Gasteiger partial charge in [0.15, 0.2) is 5.65 Å². The number of carboxylic acid groups (broad SMARTS) is 1.